The van der Waals surface area contributed by atoms with Crippen molar-refractivity contribution in [3.63, 3.8) is 0 Å². The van der Waals surface area contributed by atoms with Crippen molar-refractivity contribution >= 4 is 0 Å². The summed E-state index contributed by atoms with van der Waals surface area (Å²) in [6, 6.07) is 2.67. The van der Waals surface area contributed by atoms with Gasteiger partial charge >= 0.3 is 0 Å². The largest absolute Gasteiger partial charge is 0.308 e. The Kier molecular flexibility index (Phi) is 4.09. The summed E-state index contributed by atoms with van der Waals surface area (Å²) in [4.78, 5) is 8.13. The van der Waals surface area contributed by atoms with Crippen LogP contribution in [0.2, 0.25) is 0 Å². The lowest BCUT2D eigenvalue weighted by Gasteiger charge is -2.15. The minimum absolute atomic E-state index is 0.697. The predicted molar refractivity (Wildman–Crippen MR) is 60.4 cm³/mol. The van der Waals surface area contributed by atoms with E-state index in [1.807, 2.05) is 6.07 Å². The van der Waals surface area contributed by atoms with Crippen molar-refractivity contribution in [1.29, 1.82) is 0 Å². The highest BCUT2D eigenvalue weighted by atomic mass is 14.9. The average molecular weight is 205 g/mol. The summed E-state index contributed by atoms with van der Waals surface area (Å²) >= 11 is 0. The molecule has 0 aliphatic heterocycles. The summed E-state index contributed by atoms with van der Waals surface area (Å²) in [5.41, 5.74) is 1.09. The van der Waals surface area contributed by atoms with Gasteiger partial charge in [0, 0.05) is 18.8 Å². The third kappa shape index (κ3) is 3.59. The van der Waals surface area contributed by atoms with Gasteiger partial charge in [-0.1, -0.05) is 25.7 Å². The molecule has 15 heavy (non-hydrogen) atoms. The molecule has 0 atom stereocenters. The minimum Gasteiger partial charge on any atom is -0.308 e. The Bertz CT molecular complexity index is 265. The van der Waals surface area contributed by atoms with Crippen LogP contribution in [0, 0.1) is 0 Å². The highest BCUT2D eigenvalue weighted by molar-refractivity contribution is 4.97. The van der Waals surface area contributed by atoms with Crippen molar-refractivity contribution in [2.24, 2.45) is 0 Å². The zero-order chi connectivity index (χ0) is 10.3. The Morgan fingerprint density at radius 1 is 1.20 bits per heavy atom. The fourth-order valence-electron chi connectivity index (χ4n) is 2.16. The van der Waals surface area contributed by atoms with Gasteiger partial charge in [0.15, 0.2) is 0 Å². The van der Waals surface area contributed by atoms with Crippen LogP contribution in [0.1, 0.15) is 44.2 Å². The second-order valence-corrected chi connectivity index (χ2v) is 4.27. The van der Waals surface area contributed by atoms with Crippen LogP contribution >= 0.6 is 0 Å². The molecule has 0 radical (unpaired) electrons. The molecular weight excluding hydrogens is 186 g/mol. The monoisotopic (exact) mass is 205 g/mol. The van der Waals surface area contributed by atoms with Crippen LogP contribution in [0.4, 0.5) is 0 Å². The molecule has 1 fully saturated rings. The summed E-state index contributed by atoms with van der Waals surface area (Å²) in [5, 5.41) is 3.59. The molecule has 0 unspecified atom stereocenters. The van der Waals surface area contributed by atoms with E-state index in [-0.39, 0.29) is 0 Å². The van der Waals surface area contributed by atoms with E-state index in [2.05, 4.69) is 15.3 Å². The number of aromatic nitrogens is 2. The molecule has 1 aromatic rings. The van der Waals surface area contributed by atoms with Gasteiger partial charge in [-0.15, -0.1) is 0 Å². The molecule has 0 bridgehead atoms. The highest BCUT2D eigenvalue weighted by Crippen LogP contribution is 2.17. The van der Waals surface area contributed by atoms with Crippen molar-refractivity contribution in [2.75, 3.05) is 0 Å². The molecule has 1 saturated carbocycles. The van der Waals surface area contributed by atoms with Gasteiger partial charge in [-0.2, -0.15) is 0 Å². The zero-order valence-electron chi connectivity index (χ0n) is 9.15. The number of nitrogens with zero attached hydrogens (tertiary/aromatic N) is 2. The average Bonchev–Trinajstić information content (AvgIpc) is 2.56. The summed E-state index contributed by atoms with van der Waals surface area (Å²) in [6.45, 7) is 0.882. The van der Waals surface area contributed by atoms with Gasteiger partial charge in [0.05, 0.1) is 5.69 Å². The lowest BCUT2D eigenvalue weighted by Crippen LogP contribution is -2.28. The van der Waals surface area contributed by atoms with Gasteiger partial charge < -0.3 is 5.32 Å². The Morgan fingerprint density at radius 2 is 2.00 bits per heavy atom. The van der Waals surface area contributed by atoms with E-state index in [4.69, 9.17) is 0 Å². The van der Waals surface area contributed by atoms with Crippen LogP contribution < -0.4 is 5.32 Å². The molecule has 82 valence electrons. The molecule has 0 amide bonds. The number of rotatable bonds is 3. The van der Waals surface area contributed by atoms with E-state index in [0.29, 0.717) is 6.04 Å². The lowest BCUT2D eigenvalue weighted by atomic mass is 10.1. The third-order valence-electron chi connectivity index (χ3n) is 3.07. The van der Waals surface area contributed by atoms with Gasteiger partial charge in [-0.25, -0.2) is 9.97 Å². The first kappa shape index (κ1) is 10.6. The van der Waals surface area contributed by atoms with E-state index in [1.54, 1.807) is 12.5 Å². The number of nitrogens with one attached hydrogen (secondary N) is 1. The van der Waals surface area contributed by atoms with Gasteiger partial charge in [0.25, 0.3) is 0 Å². The van der Waals surface area contributed by atoms with Crippen LogP contribution in [0.15, 0.2) is 18.6 Å². The molecule has 3 nitrogen and oxygen atoms in total. The fourth-order valence-corrected chi connectivity index (χ4v) is 2.16. The molecule has 1 heterocycles. The second-order valence-electron chi connectivity index (χ2n) is 4.27. The van der Waals surface area contributed by atoms with Crippen molar-refractivity contribution in [1.82, 2.24) is 15.3 Å². The summed E-state index contributed by atoms with van der Waals surface area (Å²) < 4.78 is 0. The first-order chi connectivity index (χ1) is 7.45. The topological polar surface area (TPSA) is 37.8 Å². The maximum absolute atomic E-state index is 4.21. The van der Waals surface area contributed by atoms with Crippen molar-refractivity contribution in [2.45, 2.75) is 51.1 Å². The summed E-state index contributed by atoms with van der Waals surface area (Å²) in [5.74, 6) is 0. The van der Waals surface area contributed by atoms with Crippen molar-refractivity contribution < 1.29 is 0 Å². The van der Waals surface area contributed by atoms with Crippen LogP contribution in [0.5, 0.6) is 0 Å². The van der Waals surface area contributed by atoms with Crippen molar-refractivity contribution in [3.05, 3.63) is 24.3 Å². The normalized spacial score (nSPS) is 18.7. The Hall–Kier alpha value is -0.960. The van der Waals surface area contributed by atoms with Gasteiger partial charge in [-0.05, 0) is 18.9 Å². The molecule has 0 saturated heterocycles. The van der Waals surface area contributed by atoms with Gasteiger partial charge in [-0.3, -0.25) is 0 Å². The molecule has 2 rings (SSSR count). The SMILES string of the molecule is c1cc(CNC2CCCCCC2)ncn1. The Balaban J connectivity index is 1.77. The molecule has 3 heteroatoms. The van der Waals surface area contributed by atoms with Gasteiger partial charge in [0.1, 0.15) is 6.33 Å². The number of hydrogen-bond donors (Lipinski definition) is 1. The fraction of sp³-hybridized carbons (Fsp3) is 0.667. The van der Waals surface area contributed by atoms with Gasteiger partial charge in [0.2, 0.25) is 0 Å². The Morgan fingerprint density at radius 3 is 2.67 bits per heavy atom. The predicted octanol–water partition coefficient (Wildman–Crippen LogP) is 2.29. The van der Waals surface area contributed by atoms with E-state index >= 15 is 0 Å². The highest BCUT2D eigenvalue weighted by Gasteiger charge is 2.11. The van der Waals surface area contributed by atoms with E-state index in [1.165, 1.54) is 38.5 Å². The zero-order valence-corrected chi connectivity index (χ0v) is 9.15. The van der Waals surface area contributed by atoms with Crippen LogP contribution in [-0.4, -0.2) is 16.0 Å². The Labute approximate surface area is 91.3 Å². The van der Waals surface area contributed by atoms with E-state index < -0.39 is 0 Å². The van der Waals surface area contributed by atoms with Crippen LogP contribution in [0.25, 0.3) is 0 Å². The minimum atomic E-state index is 0.697. The van der Waals surface area contributed by atoms with E-state index in [9.17, 15) is 0 Å². The molecular formula is C12H19N3. The third-order valence-corrected chi connectivity index (χ3v) is 3.07. The molecule has 1 aromatic heterocycles. The van der Waals surface area contributed by atoms with Crippen LogP contribution in [-0.2, 0) is 6.54 Å². The molecule has 1 aliphatic carbocycles. The first-order valence-corrected chi connectivity index (χ1v) is 5.93. The second kappa shape index (κ2) is 5.81. The molecule has 1 N–H and O–H groups in total. The standard InChI is InChI=1S/C12H19N3/c1-2-4-6-11(5-3-1)14-9-12-7-8-13-10-15-12/h7-8,10-11,14H,1-6,9H2. The molecule has 1 aliphatic rings. The first-order valence-electron chi connectivity index (χ1n) is 5.93. The molecule has 0 aromatic carbocycles. The maximum atomic E-state index is 4.21. The van der Waals surface area contributed by atoms with Crippen LogP contribution in [0.3, 0.4) is 0 Å². The summed E-state index contributed by atoms with van der Waals surface area (Å²) in [6.07, 6.45) is 11.6. The number of hydrogen-bond acceptors (Lipinski definition) is 3. The molecule has 0 spiro atoms. The smallest absolute Gasteiger partial charge is 0.115 e. The quantitative estimate of drug-likeness (QED) is 0.769. The maximum Gasteiger partial charge on any atom is 0.115 e. The summed E-state index contributed by atoms with van der Waals surface area (Å²) in [7, 11) is 0. The van der Waals surface area contributed by atoms with E-state index in [0.717, 1.165) is 12.2 Å². The van der Waals surface area contributed by atoms with Crippen molar-refractivity contribution in [3.8, 4) is 0 Å². The lowest BCUT2D eigenvalue weighted by molar-refractivity contribution is 0.456.